The summed E-state index contributed by atoms with van der Waals surface area (Å²) in [5.74, 6) is -2.37. The highest BCUT2D eigenvalue weighted by atomic mass is 16.4. The highest BCUT2D eigenvalue weighted by Gasteiger charge is 2.25. The number of carboxylic acids is 1. The van der Waals surface area contributed by atoms with E-state index in [1.54, 1.807) is 7.05 Å². The number of hydrogen-bond acceptors (Lipinski definition) is 6. The van der Waals surface area contributed by atoms with Gasteiger partial charge in [0.1, 0.15) is 12.1 Å². The topological polar surface area (TPSA) is 236 Å². The summed E-state index contributed by atoms with van der Waals surface area (Å²) < 4.78 is 0. The van der Waals surface area contributed by atoms with Crippen molar-refractivity contribution in [2.75, 3.05) is 26.7 Å². The molecule has 0 radical (unpaired) electrons. The molecule has 0 aromatic rings. The summed E-state index contributed by atoms with van der Waals surface area (Å²) in [6, 6.07) is -2.06. The monoisotopic (exact) mass is 401 g/mol. The van der Waals surface area contributed by atoms with Crippen LogP contribution in [-0.2, 0) is 14.4 Å². The van der Waals surface area contributed by atoms with E-state index in [1.807, 2.05) is 0 Å². The number of amides is 2. The maximum atomic E-state index is 12.5. The van der Waals surface area contributed by atoms with Crippen LogP contribution in [0.15, 0.2) is 9.98 Å². The number of hydrogen-bond donors (Lipinski definition) is 8. The van der Waals surface area contributed by atoms with Gasteiger partial charge in [-0.05, 0) is 32.7 Å². The molecular formula is C15H31N9O4. The maximum Gasteiger partial charge on any atom is 0.326 e. The molecule has 0 aromatic carbocycles. The van der Waals surface area contributed by atoms with Gasteiger partial charge >= 0.3 is 5.97 Å². The van der Waals surface area contributed by atoms with Crippen LogP contribution in [0.5, 0.6) is 0 Å². The lowest BCUT2D eigenvalue weighted by Crippen LogP contribution is -2.52. The number of nitrogens with two attached hydrogens (primary N) is 4. The zero-order chi connectivity index (χ0) is 21.5. The van der Waals surface area contributed by atoms with E-state index in [1.165, 1.54) is 0 Å². The van der Waals surface area contributed by atoms with Gasteiger partial charge in [-0.3, -0.25) is 19.6 Å². The molecular weight excluding hydrogens is 370 g/mol. The quantitative estimate of drug-likeness (QED) is 0.0812. The third-order valence-electron chi connectivity index (χ3n) is 3.49. The molecule has 0 fully saturated rings. The first kappa shape index (κ1) is 24.9. The van der Waals surface area contributed by atoms with Gasteiger partial charge in [0.05, 0.1) is 6.54 Å². The lowest BCUT2D eigenvalue weighted by atomic mass is 10.1. The number of nitrogens with one attached hydrogen (secondary N) is 3. The van der Waals surface area contributed by atoms with E-state index in [9.17, 15) is 19.5 Å². The Bertz CT molecular complexity index is 572. The average Bonchev–Trinajstić information content (AvgIpc) is 2.59. The third kappa shape index (κ3) is 12.3. The van der Waals surface area contributed by atoms with Gasteiger partial charge in [0.15, 0.2) is 11.9 Å². The molecule has 28 heavy (non-hydrogen) atoms. The Labute approximate surface area is 163 Å². The summed E-state index contributed by atoms with van der Waals surface area (Å²) >= 11 is 0. The Balaban J connectivity index is 4.88. The number of guanidine groups is 2. The normalized spacial score (nSPS) is 12.3. The van der Waals surface area contributed by atoms with E-state index < -0.39 is 29.9 Å². The fraction of sp³-hybridized carbons (Fsp3) is 0.667. The molecule has 0 aliphatic heterocycles. The average molecular weight is 401 g/mol. The highest BCUT2D eigenvalue weighted by molar-refractivity contribution is 5.90. The van der Waals surface area contributed by atoms with E-state index >= 15 is 0 Å². The van der Waals surface area contributed by atoms with Gasteiger partial charge in [0.2, 0.25) is 11.8 Å². The molecule has 12 N–H and O–H groups in total. The van der Waals surface area contributed by atoms with Gasteiger partial charge in [-0.2, -0.15) is 0 Å². The van der Waals surface area contributed by atoms with Crippen LogP contribution < -0.4 is 38.9 Å². The number of likely N-dealkylation sites (N-methyl/N-ethyl adjacent to an activating group) is 1. The van der Waals surface area contributed by atoms with E-state index in [2.05, 4.69) is 25.9 Å². The van der Waals surface area contributed by atoms with Crippen LogP contribution in [0.3, 0.4) is 0 Å². The minimum atomic E-state index is -1.20. The molecule has 13 nitrogen and oxygen atoms in total. The van der Waals surface area contributed by atoms with Gasteiger partial charge < -0.3 is 44.0 Å². The second-order valence-electron chi connectivity index (χ2n) is 5.95. The summed E-state index contributed by atoms with van der Waals surface area (Å²) in [6.45, 7) is 0.524. The van der Waals surface area contributed by atoms with E-state index in [-0.39, 0.29) is 44.4 Å². The third-order valence-corrected chi connectivity index (χ3v) is 3.49. The zero-order valence-electron chi connectivity index (χ0n) is 16.0. The number of rotatable bonds is 14. The van der Waals surface area contributed by atoms with Crippen LogP contribution in [0.4, 0.5) is 0 Å². The molecule has 2 atom stereocenters. The predicted molar refractivity (Wildman–Crippen MR) is 105 cm³/mol. The molecule has 160 valence electrons. The van der Waals surface area contributed by atoms with Gasteiger partial charge in [-0.15, -0.1) is 0 Å². The fourth-order valence-corrected chi connectivity index (χ4v) is 2.21. The van der Waals surface area contributed by atoms with E-state index in [0.717, 1.165) is 0 Å². The molecule has 0 spiro atoms. The van der Waals surface area contributed by atoms with Crippen LogP contribution in [0.1, 0.15) is 25.7 Å². The summed E-state index contributed by atoms with van der Waals surface area (Å²) in [7, 11) is 1.59. The van der Waals surface area contributed by atoms with Crippen LogP contribution in [0.25, 0.3) is 0 Å². The van der Waals surface area contributed by atoms with Crippen molar-refractivity contribution in [1.29, 1.82) is 0 Å². The molecule has 2 amide bonds. The Morgan fingerprint density at radius 1 is 0.893 bits per heavy atom. The number of carboxylic acid groups (broad SMARTS) is 1. The number of carbonyl (C=O) groups excluding carboxylic acids is 2. The molecule has 0 rings (SSSR count). The lowest BCUT2D eigenvalue weighted by molar-refractivity contribution is -0.142. The Kier molecular flexibility index (Phi) is 12.5. The zero-order valence-corrected chi connectivity index (χ0v) is 16.0. The molecule has 0 saturated heterocycles. The van der Waals surface area contributed by atoms with Crippen molar-refractivity contribution in [1.82, 2.24) is 16.0 Å². The predicted octanol–water partition coefficient (Wildman–Crippen LogP) is -3.63. The summed E-state index contributed by atoms with van der Waals surface area (Å²) in [5.41, 5.74) is 20.9. The molecule has 0 aliphatic rings. The van der Waals surface area contributed by atoms with Gasteiger partial charge in [0.25, 0.3) is 0 Å². The van der Waals surface area contributed by atoms with Crippen LogP contribution in [0.2, 0.25) is 0 Å². The van der Waals surface area contributed by atoms with E-state index in [0.29, 0.717) is 12.8 Å². The van der Waals surface area contributed by atoms with Gasteiger partial charge in [-0.1, -0.05) is 0 Å². The van der Waals surface area contributed by atoms with Crippen molar-refractivity contribution >= 4 is 29.7 Å². The molecule has 0 saturated carbocycles. The van der Waals surface area contributed by atoms with Crippen LogP contribution in [0, 0.1) is 0 Å². The van der Waals surface area contributed by atoms with Crippen molar-refractivity contribution in [3.8, 4) is 0 Å². The van der Waals surface area contributed by atoms with Gasteiger partial charge in [0, 0.05) is 13.1 Å². The second kappa shape index (κ2) is 14.0. The fourth-order valence-electron chi connectivity index (χ4n) is 2.21. The van der Waals surface area contributed by atoms with Crippen LogP contribution in [-0.4, -0.2) is 73.6 Å². The Hall–Kier alpha value is -3.09. The number of aliphatic imine (C=N–C) groups is 2. The summed E-state index contributed by atoms with van der Waals surface area (Å²) in [5, 5.41) is 17.0. The Morgan fingerprint density at radius 2 is 1.39 bits per heavy atom. The van der Waals surface area contributed by atoms with Crippen molar-refractivity contribution in [2.45, 2.75) is 37.8 Å². The first-order chi connectivity index (χ1) is 13.2. The van der Waals surface area contributed by atoms with Crippen molar-refractivity contribution in [2.24, 2.45) is 32.9 Å². The van der Waals surface area contributed by atoms with Crippen molar-refractivity contribution in [3.63, 3.8) is 0 Å². The smallest absolute Gasteiger partial charge is 0.326 e. The largest absolute Gasteiger partial charge is 0.480 e. The number of carbonyl (C=O) groups is 3. The minimum Gasteiger partial charge on any atom is -0.480 e. The molecule has 0 aliphatic carbocycles. The first-order valence-electron chi connectivity index (χ1n) is 8.75. The highest BCUT2D eigenvalue weighted by Crippen LogP contribution is 2.03. The lowest BCUT2D eigenvalue weighted by Gasteiger charge is -2.21. The van der Waals surface area contributed by atoms with Crippen molar-refractivity contribution in [3.05, 3.63) is 0 Å². The first-order valence-corrected chi connectivity index (χ1v) is 8.75. The molecule has 13 heteroatoms. The Morgan fingerprint density at radius 3 is 1.82 bits per heavy atom. The van der Waals surface area contributed by atoms with Crippen molar-refractivity contribution < 1.29 is 19.5 Å². The molecule has 0 bridgehead atoms. The maximum absolute atomic E-state index is 12.5. The summed E-state index contributed by atoms with van der Waals surface area (Å²) in [4.78, 5) is 43.3. The summed E-state index contributed by atoms with van der Waals surface area (Å²) in [6.07, 6.45) is 1.13. The van der Waals surface area contributed by atoms with E-state index in [4.69, 9.17) is 22.9 Å². The van der Waals surface area contributed by atoms with Gasteiger partial charge in [-0.25, -0.2) is 4.79 Å². The molecule has 2 unspecified atom stereocenters. The minimum absolute atomic E-state index is 0.0125. The standard InChI is InChI=1S/C15H31N9O4/c1-20-8-11(25)23-9(4-2-6-21-14(16)17)12(26)24-10(13(27)28)5-3-7-22-15(18)19/h9-10,20H,2-8H2,1H3,(H,23,25)(H,24,26)(H,27,28)(H4,16,17,21)(H4,18,19,22). The molecule has 0 heterocycles. The number of aliphatic carboxylic acids is 1. The number of nitrogens with zero attached hydrogens (tertiary/aromatic N) is 2. The molecule has 0 aromatic heterocycles. The second-order valence-corrected chi connectivity index (χ2v) is 5.95. The SMILES string of the molecule is CNCC(=O)NC(CCCN=C(N)N)C(=O)NC(CCCN=C(N)N)C(=O)O. The van der Waals surface area contributed by atoms with Crippen LogP contribution >= 0.6 is 0 Å².